The third kappa shape index (κ3) is 3.12. The van der Waals surface area contributed by atoms with E-state index in [2.05, 4.69) is 56.1 Å². The van der Waals surface area contributed by atoms with Crippen molar-refractivity contribution < 1.29 is 0 Å². The lowest BCUT2D eigenvalue weighted by atomic mass is 10.1. The number of nitrogens with zero attached hydrogens (tertiary/aromatic N) is 4. The first-order valence-corrected chi connectivity index (χ1v) is 7.79. The smallest absolute Gasteiger partial charge is 0.0947 e. The van der Waals surface area contributed by atoms with Crippen LogP contribution >= 0.6 is 15.9 Å². The minimum atomic E-state index is 0.207. The van der Waals surface area contributed by atoms with Gasteiger partial charge in [0.15, 0.2) is 0 Å². The third-order valence-corrected chi connectivity index (χ3v) is 4.41. The molecule has 0 radical (unpaired) electrons. The van der Waals surface area contributed by atoms with Gasteiger partial charge in [-0.05, 0) is 36.3 Å². The van der Waals surface area contributed by atoms with Crippen LogP contribution in [0.4, 0.5) is 0 Å². The normalized spacial score (nSPS) is 12.8. The Labute approximate surface area is 128 Å². The summed E-state index contributed by atoms with van der Waals surface area (Å²) in [6.07, 6.45) is 4.79. The van der Waals surface area contributed by atoms with Crippen molar-refractivity contribution >= 4 is 15.9 Å². The molecule has 0 spiro atoms. The molecule has 1 atom stereocenters. The monoisotopic (exact) mass is 339 g/mol. The molecule has 1 N–H and O–H groups in total. The van der Waals surface area contributed by atoms with Crippen molar-refractivity contribution in [2.45, 2.75) is 39.8 Å². The van der Waals surface area contributed by atoms with Crippen LogP contribution in [0.1, 0.15) is 37.0 Å². The van der Waals surface area contributed by atoms with E-state index in [4.69, 9.17) is 0 Å². The van der Waals surface area contributed by atoms with Gasteiger partial charge in [-0.15, -0.1) is 0 Å². The molecular formula is C14H22BrN5. The molecule has 5 nitrogen and oxygen atoms in total. The van der Waals surface area contributed by atoms with Crippen molar-refractivity contribution in [1.82, 2.24) is 24.6 Å². The van der Waals surface area contributed by atoms with Crippen LogP contribution in [-0.2, 0) is 20.0 Å². The lowest BCUT2D eigenvalue weighted by Crippen LogP contribution is -2.24. The number of aryl methyl sites for hydroxylation is 3. The van der Waals surface area contributed by atoms with Gasteiger partial charge in [-0.25, -0.2) is 4.98 Å². The molecule has 2 heterocycles. The molecule has 1 unspecified atom stereocenters. The van der Waals surface area contributed by atoms with Crippen molar-refractivity contribution in [2.24, 2.45) is 7.05 Å². The van der Waals surface area contributed by atoms with E-state index in [-0.39, 0.29) is 6.04 Å². The van der Waals surface area contributed by atoms with Gasteiger partial charge in [0.05, 0.1) is 33.9 Å². The molecule has 2 aromatic rings. The molecule has 0 aliphatic carbocycles. The summed E-state index contributed by atoms with van der Waals surface area (Å²) in [7, 11) is 2.00. The zero-order valence-corrected chi connectivity index (χ0v) is 14.1. The van der Waals surface area contributed by atoms with E-state index >= 15 is 0 Å². The maximum atomic E-state index is 4.56. The van der Waals surface area contributed by atoms with Gasteiger partial charge in [-0.1, -0.05) is 6.92 Å². The van der Waals surface area contributed by atoms with E-state index in [9.17, 15) is 0 Å². The topological polar surface area (TPSA) is 47.7 Å². The number of nitrogens with one attached hydrogen (secondary N) is 1. The van der Waals surface area contributed by atoms with E-state index in [1.807, 2.05) is 24.9 Å². The Bertz CT molecular complexity index is 572. The molecule has 0 bridgehead atoms. The van der Waals surface area contributed by atoms with Gasteiger partial charge in [0.1, 0.15) is 0 Å². The van der Waals surface area contributed by atoms with Crippen molar-refractivity contribution in [2.75, 3.05) is 6.54 Å². The Balaban J connectivity index is 2.28. The van der Waals surface area contributed by atoms with Crippen molar-refractivity contribution in [3.8, 4) is 0 Å². The Morgan fingerprint density at radius 1 is 1.40 bits per heavy atom. The quantitative estimate of drug-likeness (QED) is 0.879. The number of likely N-dealkylation sites (N-methyl/N-ethyl adjacent to an activating group) is 1. The average molecular weight is 340 g/mol. The van der Waals surface area contributed by atoms with Crippen LogP contribution in [0.15, 0.2) is 17.0 Å². The van der Waals surface area contributed by atoms with Gasteiger partial charge in [0, 0.05) is 26.2 Å². The molecule has 0 saturated heterocycles. The second kappa shape index (κ2) is 6.54. The van der Waals surface area contributed by atoms with Crippen molar-refractivity contribution in [3.05, 3.63) is 34.1 Å². The van der Waals surface area contributed by atoms with Gasteiger partial charge < -0.3 is 9.88 Å². The number of imidazole rings is 1. The summed E-state index contributed by atoms with van der Waals surface area (Å²) in [4.78, 5) is 4.48. The van der Waals surface area contributed by atoms with Crippen LogP contribution in [-0.4, -0.2) is 25.9 Å². The molecule has 0 aromatic carbocycles. The minimum absolute atomic E-state index is 0.207. The summed E-state index contributed by atoms with van der Waals surface area (Å²) in [5.74, 6) is 0. The molecule has 0 fully saturated rings. The molecule has 0 amide bonds. The zero-order valence-electron chi connectivity index (χ0n) is 12.5. The predicted molar refractivity (Wildman–Crippen MR) is 83.7 cm³/mol. The maximum absolute atomic E-state index is 4.56. The highest BCUT2D eigenvalue weighted by Gasteiger charge is 2.19. The molecule has 2 aromatic heterocycles. The van der Waals surface area contributed by atoms with Crippen molar-refractivity contribution in [1.29, 1.82) is 0 Å². The van der Waals surface area contributed by atoms with E-state index in [1.165, 1.54) is 5.69 Å². The van der Waals surface area contributed by atoms with Crippen LogP contribution in [0.5, 0.6) is 0 Å². The fourth-order valence-electron chi connectivity index (χ4n) is 2.40. The SMILES string of the molecule is CCNC(Cc1c(Br)c(C)nn1CC)c1cn(C)cn1. The summed E-state index contributed by atoms with van der Waals surface area (Å²) in [6.45, 7) is 8.06. The number of aromatic nitrogens is 4. The number of rotatable bonds is 6. The van der Waals surface area contributed by atoms with Crippen LogP contribution in [0.25, 0.3) is 0 Å². The first kappa shape index (κ1) is 15.3. The second-order valence-electron chi connectivity index (χ2n) is 4.94. The van der Waals surface area contributed by atoms with E-state index in [0.717, 1.165) is 35.4 Å². The third-order valence-electron chi connectivity index (χ3n) is 3.38. The lowest BCUT2D eigenvalue weighted by Gasteiger charge is -2.16. The van der Waals surface area contributed by atoms with Gasteiger partial charge in [-0.2, -0.15) is 5.10 Å². The summed E-state index contributed by atoms with van der Waals surface area (Å²) in [6, 6.07) is 0.207. The first-order chi connectivity index (χ1) is 9.56. The lowest BCUT2D eigenvalue weighted by molar-refractivity contribution is 0.507. The highest BCUT2D eigenvalue weighted by molar-refractivity contribution is 9.10. The second-order valence-corrected chi connectivity index (χ2v) is 5.73. The van der Waals surface area contributed by atoms with Crippen LogP contribution in [0.2, 0.25) is 0 Å². The molecule has 6 heteroatoms. The molecule has 20 heavy (non-hydrogen) atoms. The van der Waals surface area contributed by atoms with E-state index < -0.39 is 0 Å². The van der Waals surface area contributed by atoms with Gasteiger partial charge in [0.2, 0.25) is 0 Å². The maximum Gasteiger partial charge on any atom is 0.0947 e. The average Bonchev–Trinajstić information content (AvgIpc) is 2.96. The van der Waals surface area contributed by atoms with Gasteiger partial charge >= 0.3 is 0 Å². The number of hydrogen-bond acceptors (Lipinski definition) is 3. The zero-order chi connectivity index (χ0) is 14.7. The van der Waals surface area contributed by atoms with Crippen molar-refractivity contribution in [3.63, 3.8) is 0 Å². The molecule has 2 rings (SSSR count). The standard InChI is InChI=1S/C14H22BrN5/c1-5-16-11(12-8-19(4)9-17-12)7-13-14(15)10(3)18-20(13)6-2/h8-9,11,16H,5-7H2,1-4H3. The minimum Gasteiger partial charge on any atom is -0.340 e. The Morgan fingerprint density at radius 2 is 2.15 bits per heavy atom. The highest BCUT2D eigenvalue weighted by Crippen LogP contribution is 2.26. The number of halogens is 1. The van der Waals surface area contributed by atoms with Gasteiger partial charge in [0.25, 0.3) is 0 Å². The van der Waals surface area contributed by atoms with Gasteiger partial charge in [-0.3, -0.25) is 4.68 Å². The fourth-order valence-corrected chi connectivity index (χ4v) is 2.84. The summed E-state index contributed by atoms with van der Waals surface area (Å²) >= 11 is 3.66. The molecule has 110 valence electrons. The highest BCUT2D eigenvalue weighted by atomic mass is 79.9. The van der Waals surface area contributed by atoms with E-state index in [1.54, 1.807) is 0 Å². The Hall–Kier alpha value is -1.14. The van der Waals surface area contributed by atoms with Crippen LogP contribution in [0.3, 0.4) is 0 Å². The van der Waals surface area contributed by atoms with E-state index in [0.29, 0.717) is 0 Å². The molecule has 0 aliphatic rings. The summed E-state index contributed by atoms with van der Waals surface area (Å²) < 4.78 is 5.15. The summed E-state index contributed by atoms with van der Waals surface area (Å²) in [5.41, 5.74) is 3.34. The Kier molecular flexibility index (Phi) is 4.99. The largest absolute Gasteiger partial charge is 0.340 e. The fraction of sp³-hybridized carbons (Fsp3) is 0.571. The summed E-state index contributed by atoms with van der Waals surface area (Å²) in [5, 5.41) is 8.07. The number of hydrogen-bond donors (Lipinski definition) is 1. The molecular weight excluding hydrogens is 318 g/mol. The Morgan fingerprint density at radius 3 is 2.70 bits per heavy atom. The molecule has 0 aliphatic heterocycles. The van der Waals surface area contributed by atoms with Crippen LogP contribution in [0, 0.1) is 6.92 Å². The van der Waals surface area contributed by atoms with Crippen LogP contribution < -0.4 is 5.32 Å². The predicted octanol–water partition coefficient (Wildman–Crippen LogP) is 2.60. The first-order valence-electron chi connectivity index (χ1n) is 6.99. The molecule has 0 saturated carbocycles.